The van der Waals surface area contributed by atoms with Crippen LogP contribution in [0.1, 0.15) is 23.2 Å². The summed E-state index contributed by atoms with van der Waals surface area (Å²) < 4.78 is 38.4. The summed E-state index contributed by atoms with van der Waals surface area (Å²) in [6, 6.07) is 2.42. The smallest absolute Gasteiger partial charge is 0.257 e. The van der Waals surface area contributed by atoms with Crippen molar-refractivity contribution in [2.75, 3.05) is 53.0 Å². The molecule has 0 bridgehead atoms. The number of hydrogen-bond acceptors (Lipinski definition) is 5. The van der Waals surface area contributed by atoms with E-state index in [4.69, 9.17) is 9.47 Å². The fraction of sp³-hybridized carbons (Fsp3) is 0.611. The van der Waals surface area contributed by atoms with Gasteiger partial charge in [0.2, 0.25) is 5.82 Å². The molecule has 6 nitrogen and oxygen atoms in total. The summed E-state index contributed by atoms with van der Waals surface area (Å²) in [7, 11) is 1.23. The Kier molecular flexibility index (Phi) is 5.74. The van der Waals surface area contributed by atoms with Crippen LogP contribution in [0.4, 0.5) is 8.78 Å². The first-order valence-electron chi connectivity index (χ1n) is 8.77. The van der Waals surface area contributed by atoms with Crippen LogP contribution in [0.3, 0.4) is 0 Å². The first-order chi connectivity index (χ1) is 12.4. The van der Waals surface area contributed by atoms with Crippen LogP contribution >= 0.6 is 0 Å². The molecule has 2 aliphatic rings. The maximum Gasteiger partial charge on any atom is 0.257 e. The molecule has 26 heavy (non-hydrogen) atoms. The highest BCUT2D eigenvalue weighted by atomic mass is 19.2. The van der Waals surface area contributed by atoms with Crippen molar-refractivity contribution >= 4 is 5.91 Å². The van der Waals surface area contributed by atoms with Crippen molar-refractivity contribution < 1.29 is 28.2 Å². The van der Waals surface area contributed by atoms with Crippen molar-refractivity contribution in [3.8, 4) is 5.75 Å². The summed E-state index contributed by atoms with van der Waals surface area (Å²) in [5.74, 6) is -3.38. The maximum atomic E-state index is 14.3. The zero-order valence-electron chi connectivity index (χ0n) is 14.8. The molecular weight excluding hydrogens is 346 g/mol. The number of methoxy groups -OCH3 is 1. The van der Waals surface area contributed by atoms with Gasteiger partial charge in [-0.15, -0.1) is 0 Å². The highest BCUT2D eigenvalue weighted by molar-refractivity contribution is 5.94. The van der Waals surface area contributed by atoms with E-state index in [9.17, 15) is 18.7 Å². The third kappa shape index (κ3) is 3.97. The molecule has 144 valence electrons. The molecule has 0 unspecified atom stereocenters. The third-order valence-corrected chi connectivity index (χ3v) is 4.86. The number of ether oxygens (including phenoxy) is 2. The molecule has 0 aliphatic carbocycles. The van der Waals surface area contributed by atoms with Crippen molar-refractivity contribution in [1.29, 1.82) is 0 Å². The van der Waals surface area contributed by atoms with Crippen molar-refractivity contribution in [3.05, 3.63) is 29.3 Å². The lowest BCUT2D eigenvalue weighted by molar-refractivity contribution is -0.0524. The molecule has 1 N–H and O–H groups in total. The molecule has 1 aromatic rings. The topological polar surface area (TPSA) is 62.2 Å². The number of hydrogen-bond donors (Lipinski definition) is 1. The normalized spacial score (nSPS) is 24.5. The minimum atomic E-state index is -1.25. The van der Waals surface area contributed by atoms with E-state index in [1.54, 1.807) is 0 Å². The molecule has 3 rings (SSSR count). The van der Waals surface area contributed by atoms with Gasteiger partial charge in [0.05, 0.1) is 32.4 Å². The van der Waals surface area contributed by atoms with Crippen LogP contribution in [-0.4, -0.2) is 79.5 Å². The Balaban J connectivity index is 1.78. The summed E-state index contributed by atoms with van der Waals surface area (Å²) >= 11 is 0. The Bertz CT molecular complexity index is 667. The molecule has 0 saturated carbocycles. The highest BCUT2D eigenvalue weighted by Gasteiger charge is 2.37. The highest BCUT2D eigenvalue weighted by Crippen LogP contribution is 2.25. The number of aliphatic hydroxyl groups is 1. The minimum absolute atomic E-state index is 0.00935. The van der Waals surface area contributed by atoms with Gasteiger partial charge in [0, 0.05) is 13.1 Å². The molecule has 0 spiro atoms. The molecule has 0 radical (unpaired) electrons. The van der Waals surface area contributed by atoms with Gasteiger partial charge >= 0.3 is 0 Å². The van der Waals surface area contributed by atoms with Gasteiger partial charge in [0.25, 0.3) is 5.91 Å². The lowest BCUT2D eigenvalue weighted by atomic mass is 10.0. The van der Waals surface area contributed by atoms with Crippen molar-refractivity contribution in [1.82, 2.24) is 9.80 Å². The monoisotopic (exact) mass is 370 g/mol. The van der Waals surface area contributed by atoms with Crippen LogP contribution in [0.15, 0.2) is 12.1 Å². The standard InChI is InChI=1S/C18H24F2N2O4/c1-25-14-5-4-13(15(19)16(14)20)17(23)22-8-9-26-12-18(24,11-22)10-21-6-2-3-7-21/h4-5,24H,2-3,6-12H2,1H3/t18-/m1/s1. The minimum Gasteiger partial charge on any atom is -0.494 e. The molecule has 2 aliphatic heterocycles. The van der Waals surface area contributed by atoms with E-state index in [0.717, 1.165) is 25.9 Å². The summed E-state index contributed by atoms with van der Waals surface area (Å²) in [4.78, 5) is 16.2. The number of amides is 1. The molecular formula is C18H24F2N2O4. The maximum absolute atomic E-state index is 14.3. The van der Waals surface area contributed by atoms with Crippen LogP contribution in [0.25, 0.3) is 0 Å². The van der Waals surface area contributed by atoms with E-state index in [2.05, 4.69) is 4.90 Å². The molecule has 2 saturated heterocycles. The number of benzene rings is 1. The van der Waals surface area contributed by atoms with Gasteiger partial charge in [-0.25, -0.2) is 4.39 Å². The van der Waals surface area contributed by atoms with Gasteiger partial charge in [-0.3, -0.25) is 4.79 Å². The number of rotatable bonds is 4. The molecule has 0 aromatic heterocycles. The van der Waals surface area contributed by atoms with Gasteiger partial charge in [0.1, 0.15) is 5.60 Å². The van der Waals surface area contributed by atoms with Crippen molar-refractivity contribution in [3.63, 3.8) is 0 Å². The Labute approximate surface area is 151 Å². The number of halogens is 2. The fourth-order valence-corrected chi connectivity index (χ4v) is 3.57. The van der Waals surface area contributed by atoms with Gasteiger partial charge < -0.3 is 24.4 Å². The Morgan fingerprint density at radius 1 is 1.27 bits per heavy atom. The number of carbonyl (C=O) groups is 1. The van der Waals surface area contributed by atoms with Crippen LogP contribution in [0, 0.1) is 11.6 Å². The predicted molar refractivity (Wildman–Crippen MR) is 90.3 cm³/mol. The molecule has 1 aromatic carbocycles. The molecule has 2 fully saturated rings. The zero-order chi connectivity index (χ0) is 18.7. The Morgan fingerprint density at radius 2 is 2.00 bits per heavy atom. The molecule has 1 amide bonds. The van der Waals surface area contributed by atoms with Crippen LogP contribution in [0.5, 0.6) is 5.75 Å². The molecule has 1 atom stereocenters. The summed E-state index contributed by atoms with van der Waals surface area (Å²) in [6.45, 7) is 2.73. The fourth-order valence-electron chi connectivity index (χ4n) is 3.57. The third-order valence-electron chi connectivity index (χ3n) is 4.86. The number of nitrogens with zero attached hydrogens (tertiary/aromatic N) is 2. The molecule has 2 heterocycles. The summed E-state index contributed by atoms with van der Waals surface area (Å²) in [5.41, 5.74) is -1.62. The van der Waals surface area contributed by atoms with Crippen LogP contribution < -0.4 is 4.74 Å². The van der Waals surface area contributed by atoms with E-state index >= 15 is 0 Å². The van der Waals surface area contributed by atoms with Gasteiger partial charge in [-0.1, -0.05) is 0 Å². The summed E-state index contributed by atoms with van der Waals surface area (Å²) in [5, 5.41) is 10.9. The lowest BCUT2D eigenvalue weighted by Crippen LogP contribution is -2.53. The van der Waals surface area contributed by atoms with E-state index in [1.807, 2.05) is 0 Å². The second kappa shape index (κ2) is 7.85. The number of β-amino-alcohol motifs (C(OH)–C–C–N with tert-alkyl or cyclic N) is 1. The van der Waals surface area contributed by atoms with E-state index in [1.165, 1.54) is 24.1 Å². The van der Waals surface area contributed by atoms with Crippen molar-refractivity contribution in [2.24, 2.45) is 0 Å². The Hall–Kier alpha value is -1.77. The summed E-state index contributed by atoms with van der Waals surface area (Å²) in [6.07, 6.45) is 2.16. The first kappa shape index (κ1) is 19.0. The van der Waals surface area contributed by atoms with E-state index in [-0.39, 0.29) is 37.6 Å². The average Bonchev–Trinajstić information content (AvgIpc) is 3.04. The van der Waals surface area contributed by atoms with Crippen LogP contribution in [-0.2, 0) is 4.74 Å². The Morgan fingerprint density at radius 3 is 2.69 bits per heavy atom. The average molecular weight is 370 g/mol. The van der Waals surface area contributed by atoms with E-state index in [0.29, 0.717) is 6.54 Å². The van der Waals surface area contributed by atoms with Crippen molar-refractivity contribution in [2.45, 2.75) is 18.4 Å². The van der Waals surface area contributed by atoms with Crippen LogP contribution in [0.2, 0.25) is 0 Å². The zero-order valence-corrected chi connectivity index (χ0v) is 14.8. The largest absolute Gasteiger partial charge is 0.494 e. The molecule has 8 heteroatoms. The van der Waals surface area contributed by atoms with Gasteiger partial charge in [-0.2, -0.15) is 4.39 Å². The van der Waals surface area contributed by atoms with Gasteiger partial charge in [0.15, 0.2) is 11.6 Å². The van der Waals surface area contributed by atoms with Gasteiger partial charge in [-0.05, 0) is 38.1 Å². The first-order valence-corrected chi connectivity index (χ1v) is 8.77. The second-order valence-corrected chi connectivity index (χ2v) is 6.93. The number of likely N-dealkylation sites (tertiary alicyclic amines) is 1. The lowest BCUT2D eigenvalue weighted by Gasteiger charge is -2.34. The number of carbonyl (C=O) groups excluding carboxylic acids is 1. The SMILES string of the molecule is COc1ccc(C(=O)N2CCOC[C@@](O)(CN3CCCC3)C2)c(F)c1F. The van der Waals surface area contributed by atoms with E-state index < -0.39 is 23.1 Å². The predicted octanol–water partition coefficient (Wildman–Crippen LogP) is 1.27. The second-order valence-electron chi connectivity index (χ2n) is 6.93. The quantitative estimate of drug-likeness (QED) is 0.865.